The lowest BCUT2D eigenvalue weighted by Crippen LogP contribution is -2.39. The topological polar surface area (TPSA) is 35.6 Å². The SMILES string of the molecule is CCN(CC)c1ccc(NCC(=O)N2CCc3ccccc3C2)cc1. The van der Waals surface area contributed by atoms with Crippen LogP contribution in [0.2, 0.25) is 0 Å². The molecule has 0 unspecified atom stereocenters. The molecule has 0 saturated carbocycles. The number of hydrogen-bond donors (Lipinski definition) is 1. The van der Waals surface area contributed by atoms with E-state index in [0.717, 1.165) is 38.3 Å². The van der Waals surface area contributed by atoms with Crippen molar-refractivity contribution in [3.05, 3.63) is 59.7 Å². The van der Waals surface area contributed by atoms with Gasteiger partial charge in [0.1, 0.15) is 0 Å². The summed E-state index contributed by atoms with van der Waals surface area (Å²) < 4.78 is 0. The molecule has 25 heavy (non-hydrogen) atoms. The van der Waals surface area contributed by atoms with Crippen LogP contribution in [-0.2, 0) is 17.8 Å². The van der Waals surface area contributed by atoms with E-state index in [-0.39, 0.29) is 5.91 Å². The smallest absolute Gasteiger partial charge is 0.242 e. The second-order valence-electron chi connectivity index (χ2n) is 6.41. The lowest BCUT2D eigenvalue weighted by Gasteiger charge is -2.29. The zero-order chi connectivity index (χ0) is 17.6. The van der Waals surface area contributed by atoms with Crippen molar-refractivity contribution in [3.8, 4) is 0 Å². The van der Waals surface area contributed by atoms with Gasteiger partial charge in [-0.05, 0) is 55.7 Å². The number of benzene rings is 2. The molecule has 1 aliphatic rings. The van der Waals surface area contributed by atoms with E-state index in [1.54, 1.807) is 0 Å². The monoisotopic (exact) mass is 337 g/mol. The molecule has 0 radical (unpaired) electrons. The molecule has 4 nitrogen and oxygen atoms in total. The zero-order valence-electron chi connectivity index (χ0n) is 15.2. The van der Waals surface area contributed by atoms with Gasteiger partial charge in [0, 0.05) is 37.6 Å². The highest BCUT2D eigenvalue weighted by molar-refractivity contribution is 5.81. The van der Waals surface area contributed by atoms with Gasteiger partial charge in [-0.2, -0.15) is 0 Å². The summed E-state index contributed by atoms with van der Waals surface area (Å²) in [4.78, 5) is 16.8. The van der Waals surface area contributed by atoms with Crippen molar-refractivity contribution < 1.29 is 4.79 Å². The quantitative estimate of drug-likeness (QED) is 0.876. The van der Waals surface area contributed by atoms with Crippen LogP contribution in [0.25, 0.3) is 0 Å². The molecule has 0 aromatic heterocycles. The van der Waals surface area contributed by atoms with Crippen LogP contribution in [0.3, 0.4) is 0 Å². The standard InChI is InChI=1S/C21H27N3O/c1-3-23(4-2)20-11-9-19(10-12-20)22-15-21(25)24-14-13-17-7-5-6-8-18(17)16-24/h5-12,22H,3-4,13-16H2,1-2H3. The van der Waals surface area contributed by atoms with E-state index in [9.17, 15) is 4.79 Å². The largest absolute Gasteiger partial charge is 0.376 e. The summed E-state index contributed by atoms with van der Waals surface area (Å²) in [6.45, 7) is 8.18. The van der Waals surface area contributed by atoms with Crippen LogP contribution >= 0.6 is 0 Å². The van der Waals surface area contributed by atoms with Crippen LogP contribution in [-0.4, -0.2) is 37.0 Å². The molecular weight excluding hydrogens is 310 g/mol. The van der Waals surface area contributed by atoms with E-state index < -0.39 is 0 Å². The fraction of sp³-hybridized carbons (Fsp3) is 0.381. The lowest BCUT2D eigenvalue weighted by atomic mass is 10.00. The van der Waals surface area contributed by atoms with Crippen molar-refractivity contribution >= 4 is 17.3 Å². The predicted octanol–water partition coefficient (Wildman–Crippen LogP) is 3.53. The molecule has 1 N–H and O–H groups in total. The highest BCUT2D eigenvalue weighted by atomic mass is 16.2. The van der Waals surface area contributed by atoms with Gasteiger partial charge in [0.05, 0.1) is 6.54 Å². The van der Waals surface area contributed by atoms with Crippen LogP contribution in [0.1, 0.15) is 25.0 Å². The molecule has 4 heteroatoms. The first-order valence-electron chi connectivity index (χ1n) is 9.14. The zero-order valence-corrected chi connectivity index (χ0v) is 15.2. The Balaban J connectivity index is 1.54. The summed E-state index contributed by atoms with van der Waals surface area (Å²) in [7, 11) is 0. The van der Waals surface area contributed by atoms with Gasteiger partial charge in [-0.25, -0.2) is 0 Å². The van der Waals surface area contributed by atoms with Crippen molar-refractivity contribution in [2.24, 2.45) is 0 Å². The van der Waals surface area contributed by atoms with E-state index >= 15 is 0 Å². The van der Waals surface area contributed by atoms with Gasteiger partial charge >= 0.3 is 0 Å². The summed E-state index contributed by atoms with van der Waals surface area (Å²) in [6.07, 6.45) is 0.945. The number of hydrogen-bond acceptors (Lipinski definition) is 3. The van der Waals surface area contributed by atoms with Crippen LogP contribution in [0, 0.1) is 0 Å². The first-order valence-corrected chi connectivity index (χ1v) is 9.14. The Morgan fingerprint density at radius 1 is 1.04 bits per heavy atom. The van der Waals surface area contributed by atoms with Crippen molar-refractivity contribution in [2.75, 3.05) is 36.4 Å². The maximum atomic E-state index is 12.5. The summed E-state index contributed by atoms with van der Waals surface area (Å²) in [6, 6.07) is 16.7. The Bertz CT molecular complexity index is 707. The van der Waals surface area contributed by atoms with Gasteiger partial charge in [-0.1, -0.05) is 24.3 Å². The van der Waals surface area contributed by atoms with Gasteiger partial charge in [-0.3, -0.25) is 4.79 Å². The van der Waals surface area contributed by atoms with Crippen LogP contribution in [0.15, 0.2) is 48.5 Å². The molecule has 2 aromatic rings. The number of anilines is 2. The van der Waals surface area contributed by atoms with Gasteiger partial charge in [0.15, 0.2) is 0 Å². The Morgan fingerprint density at radius 2 is 1.72 bits per heavy atom. The van der Waals surface area contributed by atoms with E-state index in [1.807, 2.05) is 23.1 Å². The Kier molecular flexibility index (Phi) is 5.59. The normalized spacial score (nSPS) is 13.3. The van der Waals surface area contributed by atoms with Crippen LogP contribution in [0.4, 0.5) is 11.4 Å². The summed E-state index contributed by atoms with van der Waals surface area (Å²) in [5.74, 6) is 0.155. The number of carbonyl (C=O) groups is 1. The van der Waals surface area contributed by atoms with E-state index in [0.29, 0.717) is 6.54 Å². The molecule has 3 rings (SSSR count). The highest BCUT2D eigenvalue weighted by Gasteiger charge is 2.19. The minimum atomic E-state index is 0.155. The average molecular weight is 337 g/mol. The Labute approximate surface area is 150 Å². The molecule has 2 aromatic carbocycles. The molecule has 0 bridgehead atoms. The summed E-state index contributed by atoms with van der Waals surface area (Å²) in [5, 5.41) is 3.26. The summed E-state index contributed by atoms with van der Waals surface area (Å²) >= 11 is 0. The third kappa shape index (κ3) is 4.13. The molecule has 0 fully saturated rings. The molecule has 0 aliphatic carbocycles. The summed E-state index contributed by atoms with van der Waals surface area (Å²) in [5.41, 5.74) is 4.84. The number of amides is 1. The number of carbonyl (C=O) groups excluding carboxylic acids is 1. The number of fused-ring (bicyclic) bond motifs is 1. The molecule has 1 amide bonds. The van der Waals surface area contributed by atoms with Crippen LogP contribution in [0.5, 0.6) is 0 Å². The molecule has 132 valence electrons. The molecule has 0 atom stereocenters. The first kappa shape index (κ1) is 17.3. The number of rotatable bonds is 6. The third-order valence-electron chi connectivity index (χ3n) is 4.92. The Morgan fingerprint density at radius 3 is 2.40 bits per heavy atom. The highest BCUT2D eigenvalue weighted by Crippen LogP contribution is 2.20. The average Bonchev–Trinajstić information content (AvgIpc) is 2.67. The Hall–Kier alpha value is -2.49. The maximum Gasteiger partial charge on any atom is 0.242 e. The molecule has 0 saturated heterocycles. The third-order valence-corrected chi connectivity index (χ3v) is 4.92. The van der Waals surface area contributed by atoms with Crippen molar-refractivity contribution in [1.82, 2.24) is 4.90 Å². The lowest BCUT2D eigenvalue weighted by molar-refractivity contribution is -0.130. The molecule has 1 heterocycles. The molecular formula is C21H27N3O. The second-order valence-corrected chi connectivity index (χ2v) is 6.41. The first-order chi connectivity index (χ1) is 12.2. The molecule has 0 spiro atoms. The van der Waals surface area contributed by atoms with Gasteiger partial charge in [0.25, 0.3) is 0 Å². The van der Waals surface area contributed by atoms with Gasteiger partial charge in [-0.15, -0.1) is 0 Å². The number of nitrogens with one attached hydrogen (secondary N) is 1. The van der Waals surface area contributed by atoms with Crippen molar-refractivity contribution in [2.45, 2.75) is 26.8 Å². The minimum Gasteiger partial charge on any atom is -0.376 e. The maximum absolute atomic E-state index is 12.5. The van der Waals surface area contributed by atoms with E-state index in [4.69, 9.17) is 0 Å². The molecule has 1 aliphatic heterocycles. The number of nitrogens with zero attached hydrogens (tertiary/aromatic N) is 2. The van der Waals surface area contributed by atoms with Gasteiger partial charge in [0.2, 0.25) is 5.91 Å². The fourth-order valence-electron chi connectivity index (χ4n) is 3.38. The van der Waals surface area contributed by atoms with E-state index in [1.165, 1.54) is 16.8 Å². The minimum absolute atomic E-state index is 0.155. The predicted molar refractivity (Wildman–Crippen MR) is 104 cm³/mol. The van der Waals surface area contributed by atoms with E-state index in [2.05, 4.69) is 54.4 Å². The fourth-order valence-corrected chi connectivity index (χ4v) is 3.38. The van der Waals surface area contributed by atoms with Crippen molar-refractivity contribution in [3.63, 3.8) is 0 Å². The van der Waals surface area contributed by atoms with Crippen LogP contribution < -0.4 is 10.2 Å². The second kappa shape index (κ2) is 8.06. The van der Waals surface area contributed by atoms with Crippen molar-refractivity contribution in [1.29, 1.82) is 0 Å². The van der Waals surface area contributed by atoms with Gasteiger partial charge < -0.3 is 15.1 Å².